The number of nitro groups is 1. The molecule has 0 aromatic heterocycles. The van der Waals surface area contributed by atoms with E-state index >= 15 is 0 Å². The zero-order valence-electron chi connectivity index (χ0n) is 17.8. The minimum absolute atomic E-state index is 0.0402. The Morgan fingerprint density at radius 3 is 1.94 bits per heavy atom. The van der Waals surface area contributed by atoms with Gasteiger partial charge < -0.3 is 15.1 Å². The van der Waals surface area contributed by atoms with Crippen LogP contribution in [0.5, 0.6) is 0 Å². The van der Waals surface area contributed by atoms with Crippen LogP contribution in [-0.2, 0) is 16.0 Å². The molecule has 3 rings (SSSR count). The number of allylic oxidation sites excluding steroid dienone is 2. The van der Waals surface area contributed by atoms with Gasteiger partial charge in [0.25, 0.3) is 5.69 Å². The maximum absolute atomic E-state index is 12.2. The molecule has 2 N–H and O–H groups in total. The van der Waals surface area contributed by atoms with E-state index < -0.39 is 22.8 Å². The first kappa shape index (κ1) is 22.7. The van der Waals surface area contributed by atoms with E-state index in [1.807, 2.05) is 30.3 Å². The lowest BCUT2D eigenvalue weighted by Gasteiger charge is -2.37. The molecule has 0 saturated heterocycles. The van der Waals surface area contributed by atoms with E-state index in [1.165, 1.54) is 24.3 Å². The number of carboxylic acid groups (broad SMARTS) is 2. The summed E-state index contributed by atoms with van der Waals surface area (Å²) in [5.74, 6) is -3.47. The Bertz CT molecular complexity index is 1070. The lowest BCUT2D eigenvalue weighted by molar-refractivity contribution is -0.384. The van der Waals surface area contributed by atoms with E-state index in [0.29, 0.717) is 29.9 Å². The highest BCUT2D eigenvalue weighted by molar-refractivity contribution is 5.98. The number of carbonyl (C=O) groups is 2. The van der Waals surface area contributed by atoms with Gasteiger partial charge in [-0.1, -0.05) is 42.5 Å². The van der Waals surface area contributed by atoms with Crippen molar-refractivity contribution in [3.8, 4) is 0 Å². The van der Waals surface area contributed by atoms with Crippen molar-refractivity contribution in [2.45, 2.75) is 32.6 Å². The van der Waals surface area contributed by atoms with Crippen molar-refractivity contribution in [2.24, 2.45) is 0 Å². The summed E-state index contributed by atoms with van der Waals surface area (Å²) in [5, 5.41) is 30.9. The van der Waals surface area contributed by atoms with Crippen molar-refractivity contribution in [1.82, 2.24) is 4.90 Å². The molecule has 0 atom stereocenters. The third kappa shape index (κ3) is 4.54. The molecule has 0 radical (unpaired) electrons. The van der Waals surface area contributed by atoms with Gasteiger partial charge in [-0.2, -0.15) is 0 Å². The van der Waals surface area contributed by atoms with Gasteiger partial charge in [0.15, 0.2) is 0 Å². The van der Waals surface area contributed by atoms with Gasteiger partial charge in [0.05, 0.1) is 22.0 Å². The average Bonchev–Trinajstić information content (AvgIpc) is 2.75. The van der Waals surface area contributed by atoms with Crippen LogP contribution in [0.15, 0.2) is 77.1 Å². The van der Waals surface area contributed by atoms with Crippen LogP contribution in [-0.4, -0.2) is 38.5 Å². The summed E-state index contributed by atoms with van der Waals surface area (Å²) in [4.78, 5) is 36.6. The average molecular weight is 436 g/mol. The summed E-state index contributed by atoms with van der Waals surface area (Å²) in [7, 11) is 0. The number of carboxylic acids is 2. The van der Waals surface area contributed by atoms with Crippen molar-refractivity contribution in [2.75, 3.05) is 6.54 Å². The second kappa shape index (κ2) is 9.47. The van der Waals surface area contributed by atoms with Crippen LogP contribution in [0.25, 0.3) is 0 Å². The molecule has 0 fully saturated rings. The molecule has 8 heteroatoms. The van der Waals surface area contributed by atoms with Crippen molar-refractivity contribution in [3.05, 3.63) is 98.4 Å². The Hall–Kier alpha value is -3.94. The summed E-state index contributed by atoms with van der Waals surface area (Å²) in [6.45, 7) is 3.81. The zero-order chi connectivity index (χ0) is 23.4. The van der Waals surface area contributed by atoms with E-state index in [4.69, 9.17) is 0 Å². The molecule has 1 heterocycles. The highest BCUT2D eigenvalue weighted by Gasteiger charge is 2.39. The van der Waals surface area contributed by atoms with E-state index in [1.54, 1.807) is 18.7 Å². The normalized spacial score (nSPS) is 14.6. The van der Waals surface area contributed by atoms with Crippen LogP contribution < -0.4 is 0 Å². The molecule has 32 heavy (non-hydrogen) atoms. The maximum atomic E-state index is 12.2. The predicted octanol–water partition coefficient (Wildman–Crippen LogP) is 4.34. The lowest BCUT2D eigenvalue weighted by atomic mass is 9.79. The molecule has 0 aliphatic carbocycles. The quantitative estimate of drug-likeness (QED) is 0.466. The third-order valence-electron chi connectivity index (χ3n) is 5.75. The minimum atomic E-state index is -1.22. The van der Waals surface area contributed by atoms with E-state index in [2.05, 4.69) is 0 Å². The molecule has 0 amide bonds. The van der Waals surface area contributed by atoms with Gasteiger partial charge in [0, 0.05) is 30.1 Å². The van der Waals surface area contributed by atoms with Gasteiger partial charge in [-0.05, 0) is 37.8 Å². The molecule has 2 aromatic rings. The highest BCUT2D eigenvalue weighted by Crippen LogP contribution is 2.42. The largest absolute Gasteiger partial charge is 0.478 e. The Morgan fingerprint density at radius 1 is 0.938 bits per heavy atom. The minimum Gasteiger partial charge on any atom is -0.478 e. The molecule has 2 aromatic carbocycles. The molecule has 0 unspecified atom stereocenters. The summed E-state index contributed by atoms with van der Waals surface area (Å²) in [6, 6.07) is 15.2. The third-order valence-corrected chi connectivity index (χ3v) is 5.75. The number of non-ortho nitro benzene ring substituents is 1. The van der Waals surface area contributed by atoms with Crippen molar-refractivity contribution in [1.29, 1.82) is 0 Å². The summed E-state index contributed by atoms with van der Waals surface area (Å²) in [6.07, 6.45) is 1.48. The van der Waals surface area contributed by atoms with Gasteiger partial charge in [-0.25, -0.2) is 9.59 Å². The van der Waals surface area contributed by atoms with Crippen LogP contribution in [0.1, 0.15) is 37.3 Å². The van der Waals surface area contributed by atoms with Gasteiger partial charge in [0.2, 0.25) is 0 Å². The summed E-state index contributed by atoms with van der Waals surface area (Å²) < 4.78 is 0. The second-order valence-corrected chi connectivity index (χ2v) is 7.63. The standard InChI is InChI=1S/C24H24N2O6/c1-15-20(23(27)28)22(18-10-12-19(13-11-18)26(31)32)21(24(29)30)16(2)25(15)14-6-9-17-7-4-3-5-8-17/h3-5,7-8,10-13,22H,6,9,14H2,1-2H3,(H,27,28)(H,29,30). The van der Waals surface area contributed by atoms with Gasteiger partial charge >= 0.3 is 11.9 Å². The maximum Gasteiger partial charge on any atom is 0.334 e. The smallest absolute Gasteiger partial charge is 0.334 e. The first-order valence-electron chi connectivity index (χ1n) is 10.2. The number of rotatable bonds is 8. The second-order valence-electron chi connectivity index (χ2n) is 7.63. The molecule has 1 aliphatic rings. The molecule has 166 valence electrons. The molecule has 0 saturated carbocycles. The molecule has 1 aliphatic heterocycles. The number of hydrogen-bond acceptors (Lipinski definition) is 5. The number of aryl methyl sites for hydroxylation is 1. The first-order chi connectivity index (χ1) is 15.2. The Balaban J connectivity index is 2.00. The molecular formula is C24H24N2O6. The number of aliphatic carboxylic acids is 2. The van der Waals surface area contributed by atoms with Crippen LogP contribution in [0, 0.1) is 10.1 Å². The van der Waals surface area contributed by atoms with Gasteiger partial charge in [0.1, 0.15) is 0 Å². The Labute approximate surface area is 185 Å². The lowest BCUT2D eigenvalue weighted by Crippen LogP contribution is -2.35. The number of nitro benzene ring substituents is 1. The highest BCUT2D eigenvalue weighted by atomic mass is 16.6. The number of hydrogen-bond donors (Lipinski definition) is 2. The fraction of sp³-hybridized carbons (Fsp3) is 0.250. The van der Waals surface area contributed by atoms with Crippen LogP contribution in [0.4, 0.5) is 5.69 Å². The van der Waals surface area contributed by atoms with E-state index in [0.717, 1.165) is 12.0 Å². The summed E-state index contributed by atoms with van der Waals surface area (Å²) in [5.41, 5.74) is 2.24. The molecule has 0 bridgehead atoms. The Kier molecular flexibility index (Phi) is 6.73. The molecule has 0 spiro atoms. The van der Waals surface area contributed by atoms with Crippen LogP contribution >= 0.6 is 0 Å². The fourth-order valence-corrected chi connectivity index (χ4v) is 4.20. The van der Waals surface area contributed by atoms with E-state index in [9.17, 15) is 29.9 Å². The Morgan fingerprint density at radius 2 is 1.47 bits per heavy atom. The SMILES string of the molecule is CC1=C(C(=O)O)C(c2ccc([N+](=O)[O-])cc2)C(C(=O)O)=C(C)N1CCCc1ccccc1. The van der Waals surface area contributed by atoms with Gasteiger partial charge in [-0.3, -0.25) is 10.1 Å². The number of nitrogens with zero attached hydrogens (tertiary/aromatic N) is 2. The monoisotopic (exact) mass is 436 g/mol. The van der Waals surface area contributed by atoms with Crippen LogP contribution in [0.2, 0.25) is 0 Å². The topological polar surface area (TPSA) is 121 Å². The van der Waals surface area contributed by atoms with E-state index in [-0.39, 0.29) is 16.8 Å². The van der Waals surface area contributed by atoms with Gasteiger partial charge in [-0.15, -0.1) is 0 Å². The zero-order valence-corrected chi connectivity index (χ0v) is 17.8. The molecule has 8 nitrogen and oxygen atoms in total. The van der Waals surface area contributed by atoms with Crippen molar-refractivity contribution < 1.29 is 24.7 Å². The van der Waals surface area contributed by atoms with Crippen molar-refractivity contribution in [3.63, 3.8) is 0 Å². The van der Waals surface area contributed by atoms with Crippen LogP contribution in [0.3, 0.4) is 0 Å². The number of benzene rings is 2. The predicted molar refractivity (Wildman–Crippen MR) is 118 cm³/mol. The fourth-order valence-electron chi connectivity index (χ4n) is 4.20. The first-order valence-corrected chi connectivity index (χ1v) is 10.2. The summed E-state index contributed by atoms with van der Waals surface area (Å²) >= 11 is 0. The molecular weight excluding hydrogens is 412 g/mol. The van der Waals surface area contributed by atoms with Crippen molar-refractivity contribution >= 4 is 17.6 Å².